The molecule has 1 heterocycles. The van der Waals surface area contributed by atoms with Crippen LogP contribution < -0.4 is 10.6 Å². The SMILES string of the molecule is CNC(C)CNC(=O)CCC(=O)c1cc(C)sc1C. The fourth-order valence-electron chi connectivity index (χ4n) is 1.73. The molecule has 2 N–H and O–H groups in total. The number of rotatable bonds is 7. The molecule has 1 rings (SSSR count). The van der Waals surface area contributed by atoms with Crippen molar-refractivity contribution in [2.45, 2.75) is 39.7 Å². The number of carbonyl (C=O) groups is 2. The van der Waals surface area contributed by atoms with Crippen molar-refractivity contribution in [2.75, 3.05) is 13.6 Å². The summed E-state index contributed by atoms with van der Waals surface area (Å²) in [7, 11) is 1.85. The van der Waals surface area contributed by atoms with Crippen molar-refractivity contribution < 1.29 is 9.59 Å². The lowest BCUT2D eigenvalue weighted by Gasteiger charge is -2.11. The van der Waals surface area contributed by atoms with E-state index in [0.29, 0.717) is 6.54 Å². The molecule has 0 saturated carbocycles. The van der Waals surface area contributed by atoms with E-state index in [4.69, 9.17) is 0 Å². The standard InChI is InChI=1S/C14H22N2O2S/c1-9(15-4)8-16-14(18)6-5-13(17)12-7-10(2)19-11(12)3/h7,9,15H,5-6,8H2,1-4H3,(H,16,18). The van der Waals surface area contributed by atoms with Crippen molar-refractivity contribution in [1.29, 1.82) is 0 Å². The van der Waals surface area contributed by atoms with Crippen LogP contribution >= 0.6 is 11.3 Å². The third-order valence-electron chi connectivity index (χ3n) is 3.02. The molecule has 0 fully saturated rings. The fraction of sp³-hybridized carbons (Fsp3) is 0.571. The van der Waals surface area contributed by atoms with Crippen LogP contribution in [0.15, 0.2) is 6.07 Å². The molecule has 0 aliphatic rings. The smallest absolute Gasteiger partial charge is 0.220 e. The number of carbonyl (C=O) groups excluding carboxylic acids is 2. The van der Waals surface area contributed by atoms with E-state index in [0.717, 1.165) is 15.3 Å². The van der Waals surface area contributed by atoms with Gasteiger partial charge in [-0.1, -0.05) is 0 Å². The Bertz CT molecular complexity index is 454. The highest BCUT2D eigenvalue weighted by Gasteiger charge is 2.13. The molecule has 1 atom stereocenters. The summed E-state index contributed by atoms with van der Waals surface area (Å²) in [5.74, 6) is -0.0151. The lowest BCUT2D eigenvalue weighted by Crippen LogP contribution is -2.37. The number of aryl methyl sites for hydroxylation is 2. The van der Waals surface area contributed by atoms with Crippen molar-refractivity contribution in [3.8, 4) is 0 Å². The Morgan fingerprint density at radius 2 is 2.00 bits per heavy atom. The van der Waals surface area contributed by atoms with Crippen molar-refractivity contribution >= 4 is 23.0 Å². The zero-order valence-corrected chi connectivity index (χ0v) is 12.8. The molecule has 19 heavy (non-hydrogen) atoms. The van der Waals surface area contributed by atoms with Crippen LogP contribution in [0.5, 0.6) is 0 Å². The van der Waals surface area contributed by atoms with Crippen LogP contribution in [0.4, 0.5) is 0 Å². The highest BCUT2D eigenvalue weighted by Crippen LogP contribution is 2.22. The second-order valence-corrected chi connectivity index (χ2v) is 6.20. The van der Waals surface area contributed by atoms with E-state index in [9.17, 15) is 9.59 Å². The van der Waals surface area contributed by atoms with Crippen LogP contribution in [0.2, 0.25) is 0 Å². The molecular weight excluding hydrogens is 260 g/mol. The molecular formula is C14H22N2O2S. The van der Waals surface area contributed by atoms with Gasteiger partial charge in [0.1, 0.15) is 0 Å². The molecule has 106 valence electrons. The van der Waals surface area contributed by atoms with Crippen molar-refractivity contribution in [3.63, 3.8) is 0 Å². The van der Waals surface area contributed by atoms with Crippen LogP contribution in [0.1, 0.15) is 39.9 Å². The predicted molar refractivity (Wildman–Crippen MR) is 78.9 cm³/mol. The van der Waals surface area contributed by atoms with Gasteiger partial charge in [0.25, 0.3) is 0 Å². The van der Waals surface area contributed by atoms with Gasteiger partial charge in [0.05, 0.1) is 0 Å². The van der Waals surface area contributed by atoms with Crippen LogP contribution in [-0.4, -0.2) is 31.3 Å². The lowest BCUT2D eigenvalue weighted by molar-refractivity contribution is -0.121. The summed E-state index contributed by atoms with van der Waals surface area (Å²) >= 11 is 1.62. The van der Waals surface area contributed by atoms with Gasteiger partial charge in [0, 0.05) is 40.7 Å². The molecule has 0 aromatic carbocycles. The molecule has 0 aliphatic carbocycles. The first-order valence-electron chi connectivity index (χ1n) is 6.48. The molecule has 1 unspecified atom stereocenters. The summed E-state index contributed by atoms with van der Waals surface area (Å²) < 4.78 is 0. The number of nitrogens with one attached hydrogen (secondary N) is 2. The molecule has 0 radical (unpaired) electrons. The van der Waals surface area contributed by atoms with E-state index in [-0.39, 0.29) is 30.6 Å². The first-order valence-corrected chi connectivity index (χ1v) is 7.30. The summed E-state index contributed by atoms with van der Waals surface area (Å²) in [6, 6.07) is 2.14. The third kappa shape index (κ3) is 5.12. The van der Waals surface area contributed by atoms with Crippen LogP contribution in [0.25, 0.3) is 0 Å². The fourth-order valence-corrected chi connectivity index (χ4v) is 2.67. The molecule has 0 spiro atoms. The van der Waals surface area contributed by atoms with E-state index >= 15 is 0 Å². The zero-order chi connectivity index (χ0) is 14.4. The molecule has 1 aromatic heterocycles. The second kappa shape index (κ2) is 7.40. The molecule has 1 amide bonds. The van der Waals surface area contributed by atoms with Gasteiger partial charge < -0.3 is 10.6 Å². The van der Waals surface area contributed by atoms with Crippen LogP contribution in [-0.2, 0) is 4.79 Å². The van der Waals surface area contributed by atoms with E-state index in [1.807, 2.05) is 33.9 Å². The average Bonchev–Trinajstić information content (AvgIpc) is 2.72. The van der Waals surface area contributed by atoms with Gasteiger partial charge >= 0.3 is 0 Å². The van der Waals surface area contributed by atoms with Crippen molar-refractivity contribution in [2.24, 2.45) is 0 Å². The first-order chi connectivity index (χ1) is 8.93. The summed E-state index contributed by atoms with van der Waals surface area (Å²) in [6.07, 6.45) is 0.528. The molecule has 1 aromatic rings. The number of thiophene rings is 1. The maximum absolute atomic E-state index is 12.0. The molecule has 0 bridgehead atoms. The minimum Gasteiger partial charge on any atom is -0.355 e. The Morgan fingerprint density at radius 1 is 1.32 bits per heavy atom. The summed E-state index contributed by atoms with van der Waals surface area (Å²) in [6.45, 7) is 6.50. The molecule has 4 nitrogen and oxygen atoms in total. The predicted octanol–water partition coefficient (Wildman–Crippen LogP) is 2.05. The van der Waals surface area contributed by atoms with Gasteiger partial charge in [-0.2, -0.15) is 0 Å². The van der Waals surface area contributed by atoms with Crippen LogP contribution in [0.3, 0.4) is 0 Å². The minimum absolute atomic E-state index is 0.0543. The lowest BCUT2D eigenvalue weighted by atomic mass is 10.1. The number of hydrogen-bond acceptors (Lipinski definition) is 4. The minimum atomic E-state index is -0.0694. The van der Waals surface area contributed by atoms with Crippen molar-refractivity contribution in [3.05, 3.63) is 21.4 Å². The van der Waals surface area contributed by atoms with E-state index in [2.05, 4.69) is 10.6 Å². The van der Waals surface area contributed by atoms with Gasteiger partial charge in [-0.05, 0) is 33.9 Å². The van der Waals surface area contributed by atoms with Gasteiger partial charge in [0.15, 0.2) is 5.78 Å². The zero-order valence-electron chi connectivity index (χ0n) is 12.0. The largest absolute Gasteiger partial charge is 0.355 e. The second-order valence-electron chi connectivity index (χ2n) is 4.74. The summed E-state index contributed by atoms with van der Waals surface area (Å²) in [5, 5.41) is 5.85. The number of Topliss-reactive ketones (excluding diaryl/α,β-unsaturated/α-hetero) is 1. The Hall–Kier alpha value is -1.20. The maximum atomic E-state index is 12.0. The Morgan fingerprint density at radius 3 is 2.53 bits per heavy atom. The average molecular weight is 282 g/mol. The highest BCUT2D eigenvalue weighted by molar-refractivity contribution is 7.12. The first kappa shape index (κ1) is 15.9. The van der Waals surface area contributed by atoms with E-state index in [1.54, 1.807) is 11.3 Å². The van der Waals surface area contributed by atoms with Gasteiger partial charge in [0.2, 0.25) is 5.91 Å². The number of hydrogen-bond donors (Lipinski definition) is 2. The molecule has 0 aliphatic heterocycles. The number of amides is 1. The normalized spacial score (nSPS) is 12.2. The Labute approximate surface area is 118 Å². The summed E-state index contributed by atoms with van der Waals surface area (Å²) in [4.78, 5) is 25.8. The monoisotopic (exact) mass is 282 g/mol. The Kier molecular flexibility index (Phi) is 6.18. The third-order valence-corrected chi connectivity index (χ3v) is 3.98. The number of ketones is 1. The number of likely N-dealkylation sites (N-methyl/N-ethyl adjacent to an activating group) is 1. The quantitative estimate of drug-likeness (QED) is 0.753. The van der Waals surface area contributed by atoms with Gasteiger partial charge in [-0.3, -0.25) is 9.59 Å². The van der Waals surface area contributed by atoms with Gasteiger partial charge in [-0.15, -0.1) is 11.3 Å². The highest BCUT2D eigenvalue weighted by atomic mass is 32.1. The topological polar surface area (TPSA) is 58.2 Å². The van der Waals surface area contributed by atoms with E-state index < -0.39 is 0 Å². The maximum Gasteiger partial charge on any atom is 0.220 e. The summed E-state index contributed by atoms with van der Waals surface area (Å²) in [5.41, 5.74) is 0.763. The molecule has 0 saturated heterocycles. The van der Waals surface area contributed by atoms with Crippen LogP contribution in [0, 0.1) is 13.8 Å². The molecule has 5 heteroatoms. The Balaban J connectivity index is 2.38. The van der Waals surface area contributed by atoms with Gasteiger partial charge in [-0.25, -0.2) is 0 Å². The van der Waals surface area contributed by atoms with E-state index in [1.165, 1.54) is 0 Å². The van der Waals surface area contributed by atoms with Crippen molar-refractivity contribution in [1.82, 2.24) is 10.6 Å².